The van der Waals surface area contributed by atoms with E-state index in [9.17, 15) is 17.6 Å². The van der Waals surface area contributed by atoms with Crippen LogP contribution in [0.1, 0.15) is 15.9 Å². The number of methoxy groups -OCH3 is 1. The van der Waals surface area contributed by atoms with Crippen molar-refractivity contribution in [1.82, 2.24) is 4.90 Å². The molecule has 3 rings (SSSR count). The molecule has 0 aromatic heterocycles. The average molecular weight is 443 g/mol. The molecule has 31 heavy (non-hydrogen) atoms. The number of amides is 1. The van der Waals surface area contributed by atoms with E-state index in [4.69, 9.17) is 4.74 Å². The average Bonchev–Trinajstić information content (AvgIpc) is 2.78. The Morgan fingerprint density at radius 2 is 1.65 bits per heavy atom. The number of hydrogen-bond donors (Lipinski definition) is 0. The molecule has 0 fully saturated rings. The zero-order valence-corrected chi connectivity index (χ0v) is 18.3. The van der Waals surface area contributed by atoms with E-state index >= 15 is 0 Å². The highest BCUT2D eigenvalue weighted by Gasteiger charge is 2.25. The second kappa shape index (κ2) is 9.18. The molecule has 6 nitrogen and oxygen atoms in total. The van der Waals surface area contributed by atoms with Crippen LogP contribution in [0, 0.1) is 5.82 Å². The van der Waals surface area contributed by atoms with Crippen molar-refractivity contribution in [3.8, 4) is 5.75 Å². The third-order valence-corrected chi connectivity index (χ3v) is 6.65. The SMILES string of the molecule is COc1ccccc1CN(C)C(=O)c1cccc(S(=O)(=O)N(C)c2ccccc2F)c1. The van der Waals surface area contributed by atoms with Crippen molar-refractivity contribution in [2.45, 2.75) is 11.4 Å². The minimum atomic E-state index is -4.06. The molecule has 0 aliphatic rings. The van der Waals surface area contributed by atoms with E-state index in [-0.39, 0.29) is 28.6 Å². The van der Waals surface area contributed by atoms with E-state index in [0.717, 1.165) is 9.87 Å². The normalized spacial score (nSPS) is 11.1. The molecule has 0 heterocycles. The Morgan fingerprint density at radius 3 is 2.35 bits per heavy atom. The highest BCUT2D eigenvalue weighted by Crippen LogP contribution is 2.25. The van der Waals surface area contributed by atoms with Crippen molar-refractivity contribution in [1.29, 1.82) is 0 Å². The Labute approximate surface area is 181 Å². The summed E-state index contributed by atoms with van der Waals surface area (Å²) in [6.07, 6.45) is 0. The molecular formula is C23H23FN2O4S. The summed E-state index contributed by atoms with van der Waals surface area (Å²) in [5.74, 6) is -0.348. The Morgan fingerprint density at radius 1 is 0.968 bits per heavy atom. The van der Waals surface area contributed by atoms with Gasteiger partial charge in [0.15, 0.2) is 0 Å². The van der Waals surface area contributed by atoms with Crippen molar-refractivity contribution in [2.75, 3.05) is 25.5 Å². The fourth-order valence-corrected chi connectivity index (χ4v) is 4.42. The first-order valence-corrected chi connectivity index (χ1v) is 10.9. The first-order chi connectivity index (χ1) is 14.8. The number of nitrogens with zero attached hydrogens (tertiary/aromatic N) is 2. The Bertz CT molecular complexity index is 1200. The lowest BCUT2D eigenvalue weighted by molar-refractivity contribution is 0.0784. The smallest absolute Gasteiger partial charge is 0.264 e. The number of hydrogen-bond acceptors (Lipinski definition) is 4. The number of rotatable bonds is 7. The molecule has 0 spiro atoms. The number of benzene rings is 3. The van der Waals surface area contributed by atoms with Crippen molar-refractivity contribution in [3.05, 3.63) is 89.7 Å². The Hall–Kier alpha value is -3.39. The van der Waals surface area contributed by atoms with Crippen LogP contribution in [0.3, 0.4) is 0 Å². The van der Waals surface area contributed by atoms with Gasteiger partial charge in [-0.15, -0.1) is 0 Å². The Balaban J connectivity index is 1.86. The maximum atomic E-state index is 14.1. The topological polar surface area (TPSA) is 66.9 Å². The molecule has 162 valence electrons. The lowest BCUT2D eigenvalue weighted by atomic mass is 10.1. The molecule has 8 heteroatoms. The van der Waals surface area contributed by atoms with Crippen molar-refractivity contribution in [3.63, 3.8) is 0 Å². The highest BCUT2D eigenvalue weighted by atomic mass is 32.2. The fourth-order valence-electron chi connectivity index (χ4n) is 3.17. The maximum Gasteiger partial charge on any atom is 0.264 e. The molecule has 0 aliphatic heterocycles. The summed E-state index contributed by atoms with van der Waals surface area (Å²) in [5, 5.41) is 0. The zero-order valence-electron chi connectivity index (χ0n) is 17.4. The van der Waals surface area contributed by atoms with Crippen molar-refractivity contribution < 1.29 is 22.3 Å². The van der Waals surface area contributed by atoms with E-state index < -0.39 is 15.8 Å². The van der Waals surface area contributed by atoms with Crippen LogP contribution in [0.2, 0.25) is 0 Å². The van der Waals surface area contributed by atoms with Crippen LogP contribution in [0.5, 0.6) is 5.75 Å². The molecule has 0 atom stereocenters. The van der Waals surface area contributed by atoms with Crippen LogP contribution >= 0.6 is 0 Å². The second-order valence-electron chi connectivity index (χ2n) is 6.92. The monoisotopic (exact) mass is 442 g/mol. The number of halogens is 1. The molecular weight excluding hydrogens is 419 g/mol. The van der Waals surface area contributed by atoms with Gasteiger partial charge in [-0.3, -0.25) is 9.10 Å². The van der Waals surface area contributed by atoms with Crippen LogP contribution in [0.4, 0.5) is 10.1 Å². The standard InChI is InChI=1S/C23H23FN2O4S/c1-25(16-18-9-4-7-14-22(18)30-3)23(27)17-10-8-11-19(15-17)31(28,29)26(2)21-13-6-5-12-20(21)24/h4-15H,16H2,1-3H3. The molecule has 1 amide bonds. The predicted octanol–water partition coefficient (Wildman–Crippen LogP) is 3.93. The lowest BCUT2D eigenvalue weighted by Gasteiger charge is -2.21. The van der Waals surface area contributed by atoms with Gasteiger partial charge >= 0.3 is 0 Å². The van der Waals surface area contributed by atoms with Crippen LogP contribution in [-0.4, -0.2) is 40.4 Å². The van der Waals surface area contributed by atoms with Gasteiger partial charge in [-0.2, -0.15) is 0 Å². The van der Waals surface area contributed by atoms with E-state index in [0.29, 0.717) is 5.75 Å². The van der Waals surface area contributed by atoms with E-state index in [1.54, 1.807) is 32.4 Å². The van der Waals surface area contributed by atoms with Gasteiger partial charge in [0.2, 0.25) is 0 Å². The van der Waals surface area contributed by atoms with Crippen LogP contribution < -0.4 is 9.04 Å². The number of carbonyl (C=O) groups is 1. The van der Waals surface area contributed by atoms with Crippen LogP contribution in [-0.2, 0) is 16.6 Å². The summed E-state index contributed by atoms with van der Waals surface area (Å²) in [6.45, 7) is 0.287. The highest BCUT2D eigenvalue weighted by molar-refractivity contribution is 7.92. The molecule has 0 N–H and O–H groups in total. The Kier molecular flexibility index (Phi) is 6.60. The molecule has 0 saturated carbocycles. The number of sulfonamides is 1. The third-order valence-electron chi connectivity index (χ3n) is 4.88. The predicted molar refractivity (Wildman–Crippen MR) is 117 cm³/mol. The van der Waals surface area contributed by atoms with Gasteiger partial charge in [-0.25, -0.2) is 12.8 Å². The van der Waals surface area contributed by atoms with Crippen LogP contribution in [0.15, 0.2) is 77.7 Å². The molecule has 0 aliphatic carbocycles. The first-order valence-electron chi connectivity index (χ1n) is 9.46. The molecule has 0 saturated heterocycles. The number of para-hydroxylation sites is 2. The van der Waals surface area contributed by atoms with Crippen LogP contribution in [0.25, 0.3) is 0 Å². The summed E-state index contributed by atoms with van der Waals surface area (Å²) < 4.78 is 46.3. The summed E-state index contributed by atoms with van der Waals surface area (Å²) in [4.78, 5) is 14.3. The van der Waals surface area contributed by atoms with Gasteiger partial charge < -0.3 is 9.64 Å². The van der Waals surface area contributed by atoms with Gasteiger partial charge in [0.1, 0.15) is 11.6 Å². The second-order valence-corrected chi connectivity index (χ2v) is 8.89. The molecule has 0 unspecified atom stereocenters. The number of anilines is 1. The van der Waals surface area contributed by atoms with Gasteiger partial charge in [0.25, 0.3) is 15.9 Å². The van der Waals surface area contributed by atoms with Gasteiger partial charge in [-0.1, -0.05) is 36.4 Å². The summed E-state index contributed by atoms with van der Waals surface area (Å²) in [5.41, 5.74) is 0.955. The summed E-state index contributed by atoms with van der Waals surface area (Å²) in [6, 6.07) is 18.7. The van der Waals surface area contributed by atoms with E-state index in [2.05, 4.69) is 0 Å². The minimum Gasteiger partial charge on any atom is -0.496 e. The molecule has 3 aromatic carbocycles. The molecule has 0 bridgehead atoms. The summed E-state index contributed by atoms with van der Waals surface area (Å²) in [7, 11) is 0.394. The fraction of sp³-hybridized carbons (Fsp3) is 0.174. The number of ether oxygens (including phenoxy) is 1. The molecule has 3 aromatic rings. The minimum absolute atomic E-state index is 0.0764. The number of carbonyl (C=O) groups excluding carboxylic acids is 1. The third kappa shape index (κ3) is 4.69. The lowest BCUT2D eigenvalue weighted by Crippen LogP contribution is -2.29. The van der Waals surface area contributed by atoms with Crippen molar-refractivity contribution >= 4 is 21.6 Å². The quantitative estimate of drug-likeness (QED) is 0.556. The van der Waals surface area contributed by atoms with E-state index in [1.165, 1.54) is 48.3 Å². The molecule has 0 radical (unpaired) electrons. The largest absolute Gasteiger partial charge is 0.496 e. The van der Waals surface area contributed by atoms with Gasteiger partial charge in [-0.05, 0) is 36.4 Å². The maximum absolute atomic E-state index is 14.1. The van der Waals surface area contributed by atoms with E-state index in [1.807, 2.05) is 18.2 Å². The zero-order chi connectivity index (χ0) is 22.6. The van der Waals surface area contributed by atoms with Crippen molar-refractivity contribution in [2.24, 2.45) is 0 Å². The van der Waals surface area contributed by atoms with Gasteiger partial charge in [0.05, 0.1) is 17.7 Å². The summed E-state index contributed by atoms with van der Waals surface area (Å²) >= 11 is 0. The first kappa shape index (κ1) is 22.3. The van der Waals surface area contributed by atoms with Gasteiger partial charge in [0, 0.05) is 31.8 Å².